The van der Waals surface area contributed by atoms with Crippen molar-refractivity contribution < 1.29 is 9.18 Å². The van der Waals surface area contributed by atoms with E-state index >= 15 is 0 Å². The van der Waals surface area contributed by atoms with Crippen molar-refractivity contribution in [3.8, 4) is 0 Å². The van der Waals surface area contributed by atoms with Crippen LogP contribution in [0.1, 0.15) is 16.2 Å². The molecule has 82 valence electrons. The zero-order valence-corrected chi connectivity index (χ0v) is 8.40. The van der Waals surface area contributed by atoms with Crippen molar-refractivity contribution in [2.24, 2.45) is 0 Å². The summed E-state index contributed by atoms with van der Waals surface area (Å²) in [6.07, 6.45) is 3.33. The van der Waals surface area contributed by atoms with E-state index in [1.165, 1.54) is 12.1 Å². The van der Waals surface area contributed by atoms with Crippen LogP contribution in [0.3, 0.4) is 0 Å². The molecule has 16 heavy (non-hydrogen) atoms. The number of anilines is 1. The number of ketones is 1. The Morgan fingerprint density at radius 3 is 2.94 bits per heavy atom. The van der Waals surface area contributed by atoms with Gasteiger partial charge in [0.05, 0.1) is 6.42 Å². The second-order valence-corrected chi connectivity index (χ2v) is 3.37. The van der Waals surface area contributed by atoms with Gasteiger partial charge in [-0.1, -0.05) is 0 Å². The number of nitrogen functional groups attached to an aromatic ring is 1. The number of nitrogens with zero attached hydrogens (tertiary/aromatic N) is 1. The van der Waals surface area contributed by atoms with Gasteiger partial charge in [-0.05, 0) is 18.2 Å². The molecule has 0 aliphatic carbocycles. The van der Waals surface area contributed by atoms with Crippen LogP contribution in [0, 0.1) is 5.82 Å². The lowest BCUT2D eigenvalue weighted by Crippen LogP contribution is -2.08. The van der Waals surface area contributed by atoms with E-state index < -0.39 is 5.82 Å². The van der Waals surface area contributed by atoms with E-state index in [9.17, 15) is 9.18 Å². The lowest BCUT2D eigenvalue weighted by molar-refractivity contribution is 0.0992. The summed E-state index contributed by atoms with van der Waals surface area (Å²) < 4.78 is 12.8. The maximum absolute atomic E-state index is 12.8. The summed E-state index contributed by atoms with van der Waals surface area (Å²) >= 11 is 0. The Bertz CT molecular complexity index is 508. The van der Waals surface area contributed by atoms with Crippen LogP contribution in [-0.4, -0.2) is 15.8 Å². The summed E-state index contributed by atoms with van der Waals surface area (Å²) in [6, 6.07) is 3.73. The summed E-state index contributed by atoms with van der Waals surface area (Å²) in [7, 11) is 0. The monoisotopic (exact) mass is 219 g/mol. The molecule has 2 aromatic rings. The summed E-state index contributed by atoms with van der Waals surface area (Å²) in [6.45, 7) is 0. The number of carbonyl (C=O) groups is 1. The molecule has 4 nitrogen and oxygen atoms in total. The second-order valence-electron chi connectivity index (χ2n) is 3.37. The fourth-order valence-corrected chi connectivity index (χ4v) is 1.43. The first kappa shape index (κ1) is 10.4. The van der Waals surface area contributed by atoms with Gasteiger partial charge in [0.15, 0.2) is 5.78 Å². The number of carbonyl (C=O) groups excluding carboxylic acids is 1. The van der Waals surface area contributed by atoms with Crippen LogP contribution in [0.25, 0.3) is 0 Å². The molecule has 3 N–H and O–H groups in total. The van der Waals surface area contributed by atoms with E-state index in [4.69, 9.17) is 5.73 Å². The van der Waals surface area contributed by atoms with Gasteiger partial charge >= 0.3 is 0 Å². The molecule has 0 aliphatic rings. The Hall–Kier alpha value is -2.17. The number of hydrogen-bond acceptors (Lipinski definition) is 3. The zero-order valence-electron chi connectivity index (χ0n) is 8.40. The van der Waals surface area contributed by atoms with Gasteiger partial charge in [-0.15, -0.1) is 0 Å². The topological polar surface area (TPSA) is 71.8 Å². The Labute approximate surface area is 91.3 Å². The predicted molar refractivity (Wildman–Crippen MR) is 57.4 cm³/mol. The van der Waals surface area contributed by atoms with Crippen molar-refractivity contribution >= 4 is 11.5 Å². The van der Waals surface area contributed by atoms with Crippen LogP contribution in [0.5, 0.6) is 0 Å². The molecule has 1 aromatic carbocycles. The first-order valence-corrected chi connectivity index (χ1v) is 4.73. The summed E-state index contributed by atoms with van der Waals surface area (Å²) in [5.74, 6) is -0.0757. The first-order chi connectivity index (χ1) is 7.66. The van der Waals surface area contributed by atoms with Gasteiger partial charge < -0.3 is 10.7 Å². The smallest absolute Gasteiger partial charge is 0.172 e. The summed E-state index contributed by atoms with van der Waals surface area (Å²) in [5, 5.41) is 0. The van der Waals surface area contributed by atoms with Crippen molar-refractivity contribution in [3.05, 3.63) is 47.8 Å². The Morgan fingerprint density at radius 2 is 2.31 bits per heavy atom. The molecule has 5 heteroatoms. The molecular formula is C11H10FN3O. The number of nitrogens with two attached hydrogens (primary N) is 1. The molecule has 1 aromatic heterocycles. The lowest BCUT2D eigenvalue weighted by atomic mass is 10.1. The van der Waals surface area contributed by atoms with Gasteiger partial charge in [0, 0.05) is 23.6 Å². The molecule has 0 saturated carbocycles. The van der Waals surface area contributed by atoms with Gasteiger partial charge in [0.25, 0.3) is 0 Å². The summed E-state index contributed by atoms with van der Waals surface area (Å²) in [4.78, 5) is 18.5. The average molecular weight is 219 g/mol. The van der Waals surface area contributed by atoms with Crippen molar-refractivity contribution in [1.29, 1.82) is 0 Å². The zero-order chi connectivity index (χ0) is 11.5. The largest absolute Gasteiger partial charge is 0.398 e. The van der Waals surface area contributed by atoms with Crippen LogP contribution < -0.4 is 5.73 Å². The Morgan fingerprint density at radius 1 is 1.50 bits per heavy atom. The molecule has 2 rings (SSSR count). The standard InChI is InChI=1S/C11H10FN3O/c12-7-1-2-8(9(13)5-7)10(16)6-11-14-3-4-15-11/h1-5H,6,13H2,(H,14,15). The minimum absolute atomic E-state index is 0.128. The number of rotatable bonds is 3. The van der Waals surface area contributed by atoms with Crippen LogP contribution in [0.2, 0.25) is 0 Å². The van der Waals surface area contributed by atoms with Gasteiger partial charge in [0.2, 0.25) is 0 Å². The van der Waals surface area contributed by atoms with E-state index in [-0.39, 0.29) is 17.9 Å². The minimum Gasteiger partial charge on any atom is -0.398 e. The Balaban J connectivity index is 2.21. The van der Waals surface area contributed by atoms with E-state index in [1.807, 2.05) is 0 Å². The van der Waals surface area contributed by atoms with Gasteiger partial charge in [0.1, 0.15) is 11.6 Å². The number of aromatic amines is 1. The highest BCUT2D eigenvalue weighted by Gasteiger charge is 2.12. The highest BCUT2D eigenvalue weighted by Crippen LogP contribution is 2.15. The number of aromatic nitrogens is 2. The molecular weight excluding hydrogens is 209 g/mol. The highest BCUT2D eigenvalue weighted by atomic mass is 19.1. The normalized spacial score (nSPS) is 10.3. The second kappa shape index (κ2) is 4.14. The third-order valence-electron chi connectivity index (χ3n) is 2.20. The van der Waals surface area contributed by atoms with Crippen LogP contribution in [0.4, 0.5) is 10.1 Å². The van der Waals surface area contributed by atoms with Crippen molar-refractivity contribution in [2.45, 2.75) is 6.42 Å². The average Bonchev–Trinajstić information content (AvgIpc) is 2.70. The van der Waals surface area contributed by atoms with E-state index in [0.717, 1.165) is 6.07 Å². The van der Waals surface area contributed by atoms with Gasteiger partial charge in [-0.3, -0.25) is 4.79 Å². The molecule has 0 bridgehead atoms. The quantitative estimate of drug-likeness (QED) is 0.607. The fraction of sp³-hybridized carbons (Fsp3) is 0.0909. The maximum Gasteiger partial charge on any atom is 0.172 e. The number of benzene rings is 1. The maximum atomic E-state index is 12.8. The predicted octanol–water partition coefficient (Wildman–Crippen LogP) is 1.56. The van der Waals surface area contributed by atoms with E-state index in [1.54, 1.807) is 12.4 Å². The molecule has 0 atom stereocenters. The number of H-pyrrole nitrogens is 1. The van der Waals surface area contributed by atoms with Crippen LogP contribution in [0.15, 0.2) is 30.6 Å². The Kier molecular flexibility index (Phi) is 2.68. The summed E-state index contributed by atoms with van der Waals surface area (Å²) in [5.41, 5.74) is 6.03. The van der Waals surface area contributed by atoms with E-state index in [2.05, 4.69) is 9.97 Å². The van der Waals surface area contributed by atoms with Crippen LogP contribution in [-0.2, 0) is 6.42 Å². The van der Waals surface area contributed by atoms with Gasteiger partial charge in [-0.2, -0.15) is 0 Å². The number of imidazole rings is 1. The third-order valence-corrected chi connectivity index (χ3v) is 2.20. The number of nitrogens with one attached hydrogen (secondary N) is 1. The molecule has 0 unspecified atom stereocenters. The molecule has 0 saturated heterocycles. The van der Waals surface area contributed by atoms with E-state index in [0.29, 0.717) is 11.4 Å². The molecule has 1 heterocycles. The van der Waals surface area contributed by atoms with Crippen LogP contribution >= 0.6 is 0 Å². The lowest BCUT2D eigenvalue weighted by Gasteiger charge is -2.03. The first-order valence-electron chi connectivity index (χ1n) is 4.73. The number of hydrogen-bond donors (Lipinski definition) is 2. The fourth-order valence-electron chi connectivity index (χ4n) is 1.43. The van der Waals surface area contributed by atoms with Gasteiger partial charge in [-0.25, -0.2) is 9.37 Å². The molecule has 0 spiro atoms. The van der Waals surface area contributed by atoms with Crippen molar-refractivity contribution in [3.63, 3.8) is 0 Å². The molecule has 0 aliphatic heterocycles. The molecule has 0 radical (unpaired) electrons. The third kappa shape index (κ3) is 2.08. The van der Waals surface area contributed by atoms with Crippen molar-refractivity contribution in [1.82, 2.24) is 9.97 Å². The van der Waals surface area contributed by atoms with Crippen molar-refractivity contribution in [2.75, 3.05) is 5.73 Å². The number of halogens is 1. The highest BCUT2D eigenvalue weighted by molar-refractivity contribution is 6.01. The molecule has 0 amide bonds. The molecule has 0 fully saturated rings. The SMILES string of the molecule is Nc1cc(F)ccc1C(=O)Cc1ncc[nH]1. The minimum atomic E-state index is -0.452. The number of Topliss-reactive ketones (excluding diaryl/α,β-unsaturated/α-hetero) is 1.